The minimum absolute atomic E-state index is 0.118. The van der Waals surface area contributed by atoms with Crippen molar-refractivity contribution in [3.05, 3.63) is 137 Å². The summed E-state index contributed by atoms with van der Waals surface area (Å²) in [6.07, 6.45) is 0. The summed E-state index contributed by atoms with van der Waals surface area (Å²) < 4.78 is 19.2. The molecular weight excluding hydrogens is 771 g/mol. The Labute approximate surface area is 366 Å². The Balaban J connectivity index is 1.26. The first-order chi connectivity index (χ1) is 30.2. The van der Waals surface area contributed by atoms with Crippen LogP contribution in [0, 0.1) is 27.7 Å². The predicted molar refractivity (Wildman–Crippen MR) is 262 cm³/mol. The highest BCUT2D eigenvalue weighted by Crippen LogP contribution is 2.46. The molecule has 0 fully saturated rings. The van der Waals surface area contributed by atoms with E-state index < -0.39 is 0 Å². The molecule has 0 amide bonds. The van der Waals surface area contributed by atoms with Crippen molar-refractivity contribution < 1.29 is 8.83 Å². The van der Waals surface area contributed by atoms with Crippen molar-refractivity contribution in [3.8, 4) is 34.2 Å². The maximum atomic E-state index is 7.13. The first-order valence-electron chi connectivity index (χ1n) is 22.3. The van der Waals surface area contributed by atoms with Crippen LogP contribution in [0.25, 0.3) is 100 Å². The molecule has 7 aromatic carbocycles. The standard InChI is InChI=1S/C56H47BN4O2/c1-28-16-11-17-29(2)42(28)53-58-45-47-38(26-34-32-20-13-22-36(55(5,6)7)49(32)62-51(34)45)57-39-27-35-33-21-14-23-37(56(8,9)10)50(33)63-52(35)46-48(39)61(41-25-15-24-40(44(41)57)60(47)53)54(59-46)43-30(3)18-12-19-31(43)4/h11-27H,1-10H3. The van der Waals surface area contributed by atoms with Crippen LogP contribution in [0.3, 0.4) is 0 Å². The van der Waals surface area contributed by atoms with Crippen LogP contribution in [0.15, 0.2) is 112 Å². The fourth-order valence-corrected chi connectivity index (χ4v) is 11.5. The van der Waals surface area contributed by atoms with Crippen molar-refractivity contribution in [2.75, 3.05) is 0 Å². The van der Waals surface area contributed by atoms with Gasteiger partial charge in [-0.3, -0.25) is 9.13 Å². The molecule has 6 nitrogen and oxygen atoms in total. The van der Waals surface area contributed by atoms with E-state index >= 15 is 0 Å². The zero-order chi connectivity index (χ0) is 43.2. The lowest BCUT2D eigenvalue weighted by atomic mass is 9.34. The molecule has 0 saturated carbocycles. The molecule has 0 atom stereocenters. The van der Waals surface area contributed by atoms with Crippen LogP contribution in [-0.2, 0) is 10.8 Å². The summed E-state index contributed by atoms with van der Waals surface area (Å²) in [5.41, 5.74) is 22.6. The molecule has 2 aliphatic heterocycles. The summed E-state index contributed by atoms with van der Waals surface area (Å²) >= 11 is 0. The molecule has 0 saturated heterocycles. The van der Waals surface area contributed by atoms with Crippen molar-refractivity contribution in [1.82, 2.24) is 19.1 Å². The lowest BCUT2D eigenvalue weighted by molar-refractivity contribution is 0.573. The lowest BCUT2D eigenvalue weighted by Gasteiger charge is -2.33. The second-order valence-corrected chi connectivity index (χ2v) is 20.4. The maximum Gasteiger partial charge on any atom is 0.252 e. The average Bonchev–Trinajstić information content (AvgIpc) is 4.01. The number of furan rings is 2. The third-order valence-electron chi connectivity index (χ3n) is 14.3. The number of nitrogens with zero attached hydrogens (tertiary/aromatic N) is 4. The zero-order valence-electron chi connectivity index (χ0n) is 37.5. The van der Waals surface area contributed by atoms with E-state index in [4.69, 9.17) is 18.8 Å². The summed E-state index contributed by atoms with van der Waals surface area (Å²) in [6.45, 7) is 22.3. The van der Waals surface area contributed by atoms with E-state index in [1.807, 2.05) is 0 Å². The summed E-state index contributed by atoms with van der Waals surface area (Å²) in [7, 11) is 0. The molecular formula is C56H47BN4O2. The largest absolute Gasteiger partial charge is 0.453 e. The molecule has 11 aromatic rings. The Morgan fingerprint density at radius 3 is 1.24 bits per heavy atom. The van der Waals surface area contributed by atoms with Gasteiger partial charge in [-0.15, -0.1) is 0 Å². The molecule has 0 spiro atoms. The molecule has 0 aliphatic carbocycles. The van der Waals surface area contributed by atoms with Gasteiger partial charge in [0.25, 0.3) is 6.71 Å². The van der Waals surface area contributed by atoms with E-state index in [0.717, 1.165) is 100 Å². The van der Waals surface area contributed by atoms with Crippen molar-refractivity contribution in [2.24, 2.45) is 0 Å². The molecule has 2 aliphatic rings. The highest BCUT2D eigenvalue weighted by molar-refractivity contribution is 7.00. The fourth-order valence-electron chi connectivity index (χ4n) is 11.5. The van der Waals surface area contributed by atoms with Gasteiger partial charge >= 0.3 is 0 Å². The molecule has 0 unspecified atom stereocenters. The highest BCUT2D eigenvalue weighted by Gasteiger charge is 2.44. The third-order valence-corrected chi connectivity index (χ3v) is 14.3. The SMILES string of the molecule is Cc1cccc(C)c1-c1nc2c3oc4c(C(C)(C)C)cccc4c3cc3c2n1-c1cccc2c1B3c1cc3c4cccc(C(C)(C)C)c4oc3c3nc(-c4c(C)cccc4C)n-2c13. The lowest BCUT2D eigenvalue weighted by Crippen LogP contribution is -2.59. The van der Waals surface area contributed by atoms with Crippen LogP contribution < -0.4 is 16.4 Å². The smallest absolute Gasteiger partial charge is 0.252 e. The van der Waals surface area contributed by atoms with Crippen molar-refractivity contribution >= 4 is 89.0 Å². The molecule has 0 N–H and O–H groups in total. The normalized spacial score (nSPS) is 13.5. The number of hydrogen-bond donors (Lipinski definition) is 0. The van der Waals surface area contributed by atoms with Gasteiger partial charge in [0.1, 0.15) is 33.8 Å². The van der Waals surface area contributed by atoms with Gasteiger partial charge in [-0.25, -0.2) is 9.97 Å². The van der Waals surface area contributed by atoms with E-state index in [0.29, 0.717) is 0 Å². The Morgan fingerprint density at radius 2 is 0.841 bits per heavy atom. The number of aryl methyl sites for hydroxylation is 4. The van der Waals surface area contributed by atoms with E-state index in [2.05, 4.69) is 181 Å². The Hall–Kier alpha value is -6.86. The Kier molecular flexibility index (Phi) is 6.99. The van der Waals surface area contributed by atoms with Gasteiger partial charge in [-0.1, -0.05) is 133 Å². The summed E-state index contributed by atoms with van der Waals surface area (Å²) in [5.74, 6) is 1.86. The van der Waals surface area contributed by atoms with Crippen LogP contribution >= 0.6 is 0 Å². The molecule has 13 rings (SSSR count). The zero-order valence-corrected chi connectivity index (χ0v) is 37.5. The molecule has 63 heavy (non-hydrogen) atoms. The molecule has 4 aromatic heterocycles. The van der Waals surface area contributed by atoms with Crippen molar-refractivity contribution in [1.29, 1.82) is 0 Å². The van der Waals surface area contributed by atoms with E-state index in [-0.39, 0.29) is 17.5 Å². The molecule has 306 valence electrons. The van der Waals surface area contributed by atoms with Gasteiger partial charge in [0, 0.05) is 55.2 Å². The van der Waals surface area contributed by atoms with Crippen LogP contribution in [0.1, 0.15) is 74.9 Å². The second kappa shape index (κ2) is 12.0. The number of para-hydroxylation sites is 2. The maximum absolute atomic E-state index is 7.13. The van der Waals surface area contributed by atoms with E-state index in [1.54, 1.807) is 0 Å². The topological polar surface area (TPSA) is 61.9 Å². The van der Waals surface area contributed by atoms with E-state index in [1.165, 1.54) is 49.8 Å². The van der Waals surface area contributed by atoms with Gasteiger partial charge in [0.05, 0.1) is 11.0 Å². The van der Waals surface area contributed by atoms with Gasteiger partial charge in [0.2, 0.25) is 0 Å². The molecule has 7 heteroatoms. The van der Waals surface area contributed by atoms with Crippen LogP contribution in [0.2, 0.25) is 0 Å². The Morgan fingerprint density at radius 1 is 0.460 bits per heavy atom. The number of aromatic nitrogens is 4. The molecule has 0 bridgehead atoms. The fraction of sp³-hybridized carbons (Fsp3) is 0.214. The van der Waals surface area contributed by atoms with Crippen LogP contribution in [0.4, 0.5) is 0 Å². The van der Waals surface area contributed by atoms with Crippen LogP contribution in [0.5, 0.6) is 0 Å². The number of rotatable bonds is 2. The first kappa shape index (κ1) is 36.8. The third kappa shape index (κ3) is 4.64. The first-order valence-corrected chi connectivity index (χ1v) is 22.3. The van der Waals surface area contributed by atoms with Crippen LogP contribution in [-0.4, -0.2) is 25.8 Å². The number of benzene rings is 7. The van der Waals surface area contributed by atoms with Crippen molar-refractivity contribution in [3.63, 3.8) is 0 Å². The predicted octanol–water partition coefficient (Wildman–Crippen LogP) is 12.5. The van der Waals surface area contributed by atoms with Gasteiger partial charge in [-0.05, 0) is 89.3 Å². The second-order valence-electron chi connectivity index (χ2n) is 20.4. The minimum Gasteiger partial charge on any atom is -0.453 e. The van der Waals surface area contributed by atoms with Gasteiger partial charge in [0.15, 0.2) is 11.2 Å². The summed E-state index contributed by atoms with van der Waals surface area (Å²) in [6, 6.07) is 38.0. The Bertz CT molecular complexity index is 3590. The summed E-state index contributed by atoms with van der Waals surface area (Å²) in [4.78, 5) is 11.5. The molecule has 0 radical (unpaired) electrons. The minimum atomic E-state index is -0.133. The number of imidazole rings is 2. The quantitative estimate of drug-likeness (QED) is 0.163. The van der Waals surface area contributed by atoms with Crippen molar-refractivity contribution in [2.45, 2.75) is 80.1 Å². The monoisotopic (exact) mass is 818 g/mol. The van der Waals surface area contributed by atoms with Gasteiger partial charge < -0.3 is 8.83 Å². The highest BCUT2D eigenvalue weighted by atomic mass is 16.3. The average molecular weight is 819 g/mol. The van der Waals surface area contributed by atoms with Gasteiger partial charge in [-0.2, -0.15) is 0 Å². The summed E-state index contributed by atoms with van der Waals surface area (Å²) in [5, 5.41) is 4.42. The number of hydrogen-bond acceptors (Lipinski definition) is 4. The molecule has 6 heterocycles. The van der Waals surface area contributed by atoms with E-state index in [9.17, 15) is 0 Å². The number of fused-ring (bicyclic) bond motifs is 12.